The van der Waals surface area contributed by atoms with Crippen LogP contribution in [0, 0.1) is 10.1 Å². The molecule has 0 fully saturated rings. The van der Waals surface area contributed by atoms with E-state index in [4.69, 9.17) is 16.6 Å². The molecule has 0 saturated heterocycles. The minimum absolute atomic E-state index is 0.0922. The standard InChI is InChI=1S/C21H28N6O8S/c22-8-2-1-3-13-20(32)26-15(18(23)30)10-36-16-6-4-11(27(34)35)9-12(16)19(31)24-14(21(33)25-13)5-7-17(28)29/h4,6,9,13-15H,1-3,5,7-8,10,22H2,(H2,23,30)(H,24,31)(H,25,33)(H,26,32)(H,28,29)/t13-,14-,15-/m0/s1. The van der Waals surface area contributed by atoms with Crippen molar-refractivity contribution in [3.05, 3.63) is 33.9 Å². The summed E-state index contributed by atoms with van der Waals surface area (Å²) in [5.74, 6) is -4.53. The first-order valence-corrected chi connectivity index (χ1v) is 12.1. The zero-order valence-electron chi connectivity index (χ0n) is 19.2. The molecule has 36 heavy (non-hydrogen) atoms. The molecule has 3 atom stereocenters. The Morgan fingerprint density at radius 3 is 2.36 bits per heavy atom. The van der Waals surface area contributed by atoms with Gasteiger partial charge in [0.05, 0.1) is 10.5 Å². The number of carboxylic acid groups (broad SMARTS) is 1. The second-order valence-corrected chi connectivity index (χ2v) is 9.08. The fraction of sp³-hybridized carbons (Fsp3) is 0.476. The van der Waals surface area contributed by atoms with Crippen LogP contribution in [0.4, 0.5) is 5.69 Å². The molecule has 196 valence electrons. The first-order chi connectivity index (χ1) is 17.0. The normalized spacial score (nSPS) is 20.9. The smallest absolute Gasteiger partial charge is 0.303 e. The molecule has 0 aromatic heterocycles. The maximum Gasteiger partial charge on any atom is 0.303 e. The zero-order chi connectivity index (χ0) is 26.8. The summed E-state index contributed by atoms with van der Waals surface area (Å²) in [7, 11) is 0. The highest BCUT2D eigenvalue weighted by Gasteiger charge is 2.31. The zero-order valence-corrected chi connectivity index (χ0v) is 20.0. The number of unbranched alkanes of at least 4 members (excludes halogenated alkanes) is 1. The van der Waals surface area contributed by atoms with Gasteiger partial charge in [-0.2, -0.15) is 0 Å². The maximum atomic E-state index is 13.1. The van der Waals surface area contributed by atoms with Gasteiger partial charge in [-0.1, -0.05) is 0 Å². The number of hydrogen-bond acceptors (Lipinski definition) is 9. The van der Waals surface area contributed by atoms with E-state index in [1.807, 2.05) is 0 Å². The number of nitro groups is 1. The third-order valence-electron chi connectivity index (χ3n) is 5.33. The number of amides is 4. The topological polar surface area (TPSA) is 237 Å². The van der Waals surface area contributed by atoms with Crippen molar-refractivity contribution in [2.24, 2.45) is 11.5 Å². The molecule has 2 rings (SSSR count). The predicted molar refractivity (Wildman–Crippen MR) is 128 cm³/mol. The molecule has 1 aliphatic heterocycles. The van der Waals surface area contributed by atoms with Crippen LogP contribution < -0.4 is 27.4 Å². The van der Waals surface area contributed by atoms with Crippen molar-refractivity contribution in [3.8, 4) is 0 Å². The second kappa shape index (κ2) is 13.4. The third kappa shape index (κ3) is 8.20. The van der Waals surface area contributed by atoms with Crippen LogP contribution in [0.3, 0.4) is 0 Å². The molecular formula is C21H28N6O8S. The van der Waals surface area contributed by atoms with Crippen molar-refractivity contribution in [3.63, 3.8) is 0 Å². The van der Waals surface area contributed by atoms with Crippen LogP contribution in [-0.2, 0) is 19.2 Å². The highest BCUT2D eigenvalue weighted by molar-refractivity contribution is 7.99. The van der Waals surface area contributed by atoms with Crippen LogP contribution in [0.2, 0.25) is 0 Å². The number of nitro benzene ring substituents is 1. The summed E-state index contributed by atoms with van der Waals surface area (Å²) in [6.07, 6.45) is 0.418. The summed E-state index contributed by atoms with van der Waals surface area (Å²) >= 11 is 0.959. The molecule has 4 amide bonds. The fourth-order valence-corrected chi connectivity index (χ4v) is 4.45. The monoisotopic (exact) mass is 524 g/mol. The van der Waals surface area contributed by atoms with E-state index in [2.05, 4.69) is 16.0 Å². The lowest BCUT2D eigenvalue weighted by Crippen LogP contribution is -2.56. The highest BCUT2D eigenvalue weighted by atomic mass is 32.2. The van der Waals surface area contributed by atoms with E-state index in [1.54, 1.807) is 0 Å². The quantitative estimate of drug-likeness (QED) is 0.134. The Morgan fingerprint density at radius 1 is 1.08 bits per heavy atom. The van der Waals surface area contributed by atoms with E-state index < -0.39 is 59.1 Å². The minimum Gasteiger partial charge on any atom is -0.481 e. The Kier molecular flexibility index (Phi) is 10.6. The Bertz CT molecular complexity index is 1040. The van der Waals surface area contributed by atoms with Crippen molar-refractivity contribution >= 4 is 47.0 Å². The van der Waals surface area contributed by atoms with Crippen LogP contribution >= 0.6 is 11.8 Å². The number of carbonyl (C=O) groups is 5. The van der Waals surface area contributed by atoms with Gasteiger partial charge in [0.1, 0.15) is 18.1 Å². The van der Waals surface area contributed by atoms with E-state index in [0.29, 0.717) is 19.4 Å². The van der Waals surface area contributed by atoms with Crippen LogP contribution in [0.1, 0.15) is 42.5 Å². The van der Waals surface area contributed by atoms with E-state index in [-0.39, 0.29) is 34.7 Å². The number of thioether (sulfide) groups is 1. The molecule has 15 heteroatoms. The summed E-state index contributed by atoms with van der Waals surface area (Å²) in [6, 6.07) is -0.161. The molecule has 0 unspecified atom stereocenters. The lowest BCUT2D eigenvalue weighted by Gasteiger charge is -2.24. The van der Waals surface area contributed by atoms with Gasteiger partial charge < -0.3 is 32.5 Å². The number of non-ortho nitro benzene ring substituents is 1. The largest absolute Gasteiger partial charge is 0.481 e. The van der Waals surface area contributed by atoms with Crippen molar-refractivity contribution in [2.45, 2.75) is 55.1 Å². The summed E-state index contributed by atoms with van der Waals surface area (Å²) in [5, 5.41) is 27.8. The number of carbonyl (C=O) groups excluding carboxylic acids is 4. The summed E-state index contributed by atoms with van der Waals surface area (Å²) in [4.78, 5) is 73.0. The number of rotatable bonds is 9. The number of fused-ring (bicyclic) bond motifs is 1. The molecule has 0 spiro atoms. The number of carboxylic acids is 1. The Hall–Kier alpha value is -3.72. The van der Waals surface area contributed by atoms with Gasteiger partial charge in [0.2, 0.25) is 17.7 Å². The van der Waals surface area contributed by atoms with Crippen molar-refractivity contribution in [1.29, 1.82) is 0 Å². The van der Waals surface area contributed by atoms with Crippen LogP contribution in [0.25, 0.3) is 0 Å². The van der Waals surface area contributed by atoms with Crippen molar-refractivity contribution < 1.29 is 34.0 Å². The second-order valence-electron chi connectivity index (χ2n) is 8.02. The lowest BCUT2D eigenvalue weighted by molar-refractivity contribution is -0.384. The molecule has 1 heterocycles. The van der Waals surface area contributed by atoms with Gasteiger partial charge in [-0.15, -0.1) is 11.8 Å². The van der Waals surface area contributed by atoms with Gasteiger partial charge in [0.25, 0.3) is 11.6 Å². The molecule has 1 aromatic carbocycles. The summed E-state index contributed by atoms with van der Waals surface area (Å²) in [6.45, 7) is 0.352. The van der Waals surface area contributed by atoms with Gasteiger partial charge in [0.15, 0.2) is 0 Å². The van der Waals surface area contributed by atoms with E-state index >= 15 is 0 Å². The Labute approximate surface area is 210 Å². The van der Waals surface area contributed by atoms with Crippen LogP contribution in [0.5, 0.6) is 0 Å². The van der Waals surface area contributed by atoms with Gasteiger partial charge in [-0.05, 0) is 38.3 Å². The SMILES string of the molecule is NCCCC[C@@H]1NC(=O)[C@H](CCC(=O)O)NC(=O)c2cc([N+](=O)[O-])ccc2SC[C@@H](C(N)=O)NC1=O. The minimum atomic E-state index is -1.36. The van der Waals surface area contributed by atoms with Gasteiger partial charge >= 0.3 is 5.97 Å². The Balaban J connectivity index is 2.50. The molecule has 0 saturated carbocycles. The van der Waals surface area contributed by atoms with Crippen molar-refractivity contribution in [2.75, 3.05) is 12.3 Å². The molecule has 0 radical (unpaired) electrons. The molecule has 1 aromatic rings. The number of benzene rings is 1. The average Bonchev–Trinajstić information content (AvgIpc) is 2.82. The summed E-state index contributed by atoms with van der Waals surface area (Å²) in [5.41, 5.74) is 10.4. The predicted octanol–water partition coefficient (Wildman–Crippen LogP) is -0.752. The van der Waals surface area contributed by atoms with Gasteiger partial charge in [0, 0.05) is 29.2 Å². The number of primary amides is 1. The molecule has 14 nitrogen and oxygen atoms in total. The number of nitrogens with two attached hydrogens (primary N) is 2. The van der Waals surface area contributed by atoms with Crippen LogP contribution in [-0.4, -0.2) is 70.1 Å². The molecule has 0 bridgehead atoms. The van der Waals surface area contributed by atoms with Gasteiger partial charge in [-0.3, -0.25) is 34.1 Å². The number of hydrogen-bond donors (Lipinski definition) is 6. The van der Waals surface area contributed by atoms with Crippen molar-refractivity contribution in [1.82, 2.24) is 16.0 Å². The van der Waals surface area contributed by atoms with E-state index in [9.17, 15) is 34.1 Å². The number of aliphatic carboxylic acids is 1. The molecule has 1 aliphatic rings. The molecule has 8 N–H and O–H groups in total. The first-order valence-electron chi connectivity index (χ1n) is 11.1. The molecular weight excluding hydrogens is 496 g/mol. The first kappa shape index (κ1) is 28.5. The summed E-state index contributed by atoms with van der Waals surface area (Å²) < 4.78 is 0. The Morgan fingerprint density at radius 2 is 1.75 bits per heavy atom. The average molecular weight is 525 g/mol. The van der Waals surface area contributed by atoms with Crippen LogP contribution in [0.15, 0.2) is 23.1 Å². The molecule has 0 aliphatic carbocycles. The maximum absolute atomic E-state index is 13.1. The van der Waals surface area contributed by atoms with E-state index in [0.717, 1.165) is 23.9 Å². The highest BCUT2D eigenvalue weighted by Crippen LogP contribution is 2.28. The van der Waals surface area contributed by atoms with Gasteiger partial charge in [-0.25, -0.2) is 0 Å². The fourth-order valence-electron chi connectivity index (χ4n) is 3.38. The number of nitrogens with one attached hydrogen (secondary N) is 3. The van der Waals surface area contributed by atoms with E-state index in [1.165, 1.54) is 6.07 Å². The number of nitrogens with zero attached hydrogens (tertiary/aromatic N) is 1. The lowest BCUT2D eigenvalue weighted by atomic mass is 10.1. The third-order valence-corrected chi connectivity index (χ3v) is 6.50.